The number of aliphatic hydroxyl groups excluding tert-OH is 1. The second-order valence-corrected chi connectivity index (χ2v) is 27.8. The number of primary amides is 2. The van der Waals surface area contributed by atoms with Crippen molar-refractivity contribution >= 4 is 88.7 Å². The number of nitrogens with one attached hydrogen (secondary N) is 12. The van der Waals surface area contributed by atoms with Gasteiger partial charge in [-0.2, -0.15) is 0 Å². The van der Waals surface area contributed by atoms with Crippen molar-refractivity contribution in [1.82, 2.24) is 63.8 Å². The fourth-order valence-electron chi connectivity index (χ4n) is 10.4. The molecule has 1 aromatic rings. The molecule has 0 aliphatic heterocycles. The summed E-state index contributed by atoms with van der Waals surface area (Å²) in [7, 11) is 0. The molecule has 0 saturated carbocycles. The highest BCUT2D eigenvalue weighted by Crippen LogP contribution is 2.16. The van der Waals surface area contributed by atoms with E-state index in [-0.39, 0.29) is 94.0 Å². The van der Waals surface area contributed by atoms with Crippen molar-refractivity contribution in [2.45, 2.75) is 234 Å². The molecule has 0 unspecified atom stereocenters. The van der Waals surface area contributed by atoms with E-state index in [1.54, 1.807) is 93.5 Å². The average Bonchev–Trinajstić information content (AvgIpc) is 0.864. The maximum absolute atomic E-state index is 14.3. The molecule has 0 saturated heterocycles. The summed E-state index contributed by atoms with van der Waals surface area (Å²) in [6, 6.07) is -5.11. The van der Waals surface area contributed by atoms with Crippen LogP contribution in [0.1, 0.15) is 167 Å². The smallest absolute Gasteiger partial charge is 0.245 e. The molecule has 0 bridgehead atoms. The second-order valence-electron chi connectivity index (χ2n) is 27.8. The first-order valence-electron chi connectivity index (χ1n) is 34.9. The zero-order valence-electron chi connectivity index (χ0n) is 61.4. The lowest BCUT2D eigenvalue weighted by molar-refractivity contribution is -0.136. The van der Waals surface area contributed by atoms with Crippen LogP contribution in [0.2, 0.25) is 0 Å². The summed E-state index contributed by atoms with van der Waals surface area (Å²) in [5.74, 6) is -13.9. The van der Waals surface area contributed by atoms with E-state index in [1.165, 1.54) is 0 Å². The van der Waals surface area contributed by atoms with Gasteiger partial charge in [0.1, 0.15) is 60.4 Å². The Bertz CT molecular complexity index is 2930. The van der Waals surface area contributed by atoms with Crippen LogP contribution in [0.4, 0.5) is 0 Å². The van der Waals surface area contributed by atoms with E-state index in [2.05, 4.69) is 68.8 Å². The van der Waals surface area contributed by atoms with Crippen LogP contribution in [0.15, 0.2) is 35.3 Å². The lowest BCUT2D eigenvalue weighted by Crippen LogP contribution is -2.61. The third kappa shape index (κ3) is 35.2. The zero-order valence-corrected chi connectivity index (χ0v) is 61.4. The molecule has 0 aliphatic rings. The van der Waals surface area contributed by atoms with Gasteiger partial charge in [-0.3, -0.25) is 72.1 Å². The van der Waals surface area contributed by atoms with Crippen molar-refractivity contribution in [3.05, 3.63) is 35.9 Å². The molecule has 13 atom stereocenters. The number of carbonyl (C=O) groups excluding carboxylic acids is 14. The van der Waals surface area contributed by atoms with Gasteiger partial charge in [0.15, 0.2) is 5.96 Å². The van der Waals surface area contributed by atoms with Gasteiger partial charge >= 0.3 is 0 Å². The Labute approximate surface area is 593 Å². The maximum atomic E-state index is 14.3. The van der Waals surface area contributed by atoms with Gasteiger partial charge in [0, 0.05) is 13.0 Å². The molecule has 570 valence electrons. The highest BCUT2D eigenvalue weighted by Gasteiger charge is 2.37. The fourth-order valence-corrected chi connectivity index (χ4v) is 10.4. The largest absolute Gasteiger partial charge is 0.394 e. The minimum Gasteiger partial charge on any atom is -0.394 e. The van der Waals surface area contributed by atoms with Crippen molar-refractivity contribution in [2.24, 2.45) is 75.1 Å². The molecule has 33 heteroatoms. The molecule has 1 aromatic carbocycles. The van der Waals surface area contributed by atoms with Crippen LogP contribution in [0.25, 0.3) is 0 Å². The van der Waals surface area contributed by atoms with Crippen molar-refractivity contribution in [1.29, 1.82) is 0 Å². The number of amides is 14. The standard InChI is InChI=1S/C68H118N18O15/c1-15-40(13)55(86-64(98)49(30-38(9)10)81-60(94)45(24-25-51(70)88)78-62(96)47(28-36(5)6)80-58(92)43(69)31-42-21-18-17-19-22-42)65(99)76-32-52(89)77-44(23-20-26-74-68(72)73)61(95)85-54(39(11)12)66(100)82-48(29-37(7)8)63(97)83-50(34-87)59(93)75-33-53(90)84-56(41(14)16-2)67(101)79-46(57(71)91)27-35(3)4/h17-19,21-22,35-41,43-50,54-56,87H,15-16,20,23-34,69H2,1-14H3,(H2,70,88)(H2,71,91)(H,75,93)(H,76,99)(H,77,89)(H,78,96)(H,79,101)(H,80,92)(H,81,94)(H,82,100)(H,83,97)(H,84,90)(H,85,95)(H,86,98)(H4,72,73,74)/t40-,41-,43-,44-,45-,46-,47-,48-,49-,50-,54-,55-,56-/m0/s1. The van der Waals surface area contributed by atoms with Crippen LogP contribution in [0, 0.1) is 41.4 Å². The molecule has 0 heterocycles. The highest BCUT2D eigenvalue weighted by molar-refractivity contribution is 5.99. The fraction of sp³-hybridized carbons (Fsp3) is 0.691. The van der Waals surface area contributed by atoms with Crippen LogP contribution < -0.4 is 92.5 Å². The van der Waals surface area contributed by atoms with Gasteiger partial charge in [0.25, 0.3) is 0 Å². The van der Waals surface area contributed by atoms with Crippen LogP contribution in [-0.4, -0.2) is 186 Å². The van der Waals surface area contributed by atoms with E-state index in [4.69, 9.17) is 28.7 Å². The van der Waals surface area contributed by atoms with E-state index < -0.39 is 187 Å². The number of carbonyl (C=O) groups is 14. The summed E-state index contributed by atoms with van der Waals surface area (Å²) in [5, 5.41) is 41.2. The Morgan fingerprint density at radius 3 is 1.28 bits per heavy atom. The molecular weight excluding hydrogens is 1310 g/mol. The van der Waals surface area contributed by atoms with E-state index >= 15 is 0 Å². The van der Waals surface area contributed by atoms with Crippen LogP contribution in [-0.2, 0) is 73.5 Å². The van der Waals surface area contributed by atoms with E-state index in [1.807, 2.05) is 33.8 Å². The number of hydrogen-bond acceptors (Lipinski definition) is 17. The summed E-state index contributed by atoms with van der Waals surface area (Å²) in [4.78, 5) is 194. The topological polar surface area (TPSA) is 546 Å². The van der Waals surface area contributed by atoms with Crippen molar-refractivity contribution in [3.8, 4) is 0 Å². The molecule has 1 rings (SSSR count). The predicted octanol–water partition coefficient (Wildman–Crippen LogP) is -2.63. The minimum absolute atomic E-state index is 0.00300. The average molecular weight is 1430 g/mol. The normalized spacial score (nSPS) is 15.2. The number of guanidine groups is 1. The molecule has 14 amide bonds. The third-order valence-corrected chi connectivity index (χ3v) is 16.4. The maximum Gasteiger partial charge on any atom is 0.245 e. The lowest BCUT2D eigenvalue weighted by atomic mass is 9.96. The molecule has 101 heavy (non-hydrogen) atoms. The molecule has 0 aromatic heterocycles. The molecule has 0 spiro atoms. The van der Waals surface area contributed by atoms with Crippen LogP contribution in [0.5, 0.6) is 0 Å². The number of benzene rings is 1. The predicted molar refractivity (Wildman–Crippen MR) is 380 cm³/mol. The molecule has 23 N–H and O–H groups in total. The molecule has 0 aliphatic carbocycles. The number of aliphatic hydroxyl groups is 1. The molecule has 33 nitrogen and oxygen atoms in total. The number of nitrogens with two attached hydrogens (primary N) is 5. The van der Waals surface area contributed by atoms with Gasteiger partial charge in [-0.1, -0.05) is 140 Å². The number of nitrogens with zero attached hydrogens (tertiary/aromatic N) is 1. The van der Waals surface area contributed by atoms with Crippen molar-refractivity contribution in [3.63, 3.8) is 0 Å². The highest BCUT2D eigenvalue weighted by atomic mass is 16.3. The van der Waals surface area contributed by atoms with Crippen molar-refractivity contribution in [2.75, 3.05) is 26.2 Å². The Morgan fingerprint density at radius 2 is 0.812 bits per heavy atom. The van der Waals surface area contributed by atoms with Gasteiger partial charge in [0.05, 0.1) is 25.7 Å². The third-order valence-electron chi connectivity index (χ3n) is 16.4. The van der Waals surface area contributed by atoms with Gasteiger partial charge in [-0.15, -0.1) is 0 Å². The summed E-state index contributed by atoms with van der Waals surface area (Å²) < 4.78 is 0. The number of hydrogen-bond donors (Lipinski definition) is 18. The Kier molecular flexibility index (Phi) is 41.4. The monoisotopic (exact) mass is 1430 g/mol. The molecular formula is C68H118N18O15. The Balaban J connectivity index is 3.37. The SMILES string of the molecule is CC[C@H](C)[C@H](NC(=O)CNC(=O)[C@H](CO)NC(=O)[C@H](CC(C)C)NC(=O)[C@@H](NC(=O)[C@H](CCCN=C(N)N)NC(=O)CNC(=O)[C@@H](NC(=O)[C@H](CC(C)C)NC(=O)[C@H](CCC(N)=O)NC(=O)[C@H](CC(C)C)NC(=O)[C@@H](N)Cc1ccccc1)[C@@H](C)CC)C(C)C)C(=O)N[C@@H](CC(C)C)C(N)=O. The van der Waals surface area contributed by atoms with Gasteiger partial charge in [-0.05, 0) is 98.4 Å². The lowest BCUT2D eigenvalue weighted by Gasteiger charge is -2.29. The summed E-state index contributed by atoms with van der Waals surface area (Å²) in [6.45, 7) is 22.1. The summed E-state index contributed by atoms with van der Waals surface area (Å²) in [6.07, 6.45) is 0.739. The molecule has 0 fully saturated rings. The first-order valence-corrected chi connectivity index (χ1v) is 34.9. The van der Waals surface area contributed by atoms with Crippen LogP contribution in [0.3, 0.4) is 0 Å². The zero-order chi connectivity index (χ0) is 77.0. The van der Waals surface area contributed by atoms with Gasteiger partial charge in [-0.25, -0.2) is 0 Å². The Morgan fingerprint density at radius 1 is 0.426 bits per heavy atom. The summed E-state index contributed by atoms with van der Waals surface area (Å²) >= 11 is 0. The quantitative estimate of drug-likeness (QED) is 0.0180. The van der Waals surface area contributed by atoms with Crippen LogP contribution >= 0.6 is 0 Å². The minimum atomic E-state index is -1.64. The van der Waals surface area contributed by atoms with Crippen molar-refractivity contribution < 1.29 is 72.2 Å². The van der Waals surface area contributed by atoms with Gasteiger partial charge in [0.2, 0.25) is 82.7 Å². The van der Waals surface area contributed by atoms with E-state index in [9.17, 15) is 72.2 Å². The molecule has 0 radical (unpaired) electrons. The van der Waals surface area contributed by atoms with E-state index in [0.29, 0.717) is 12.8 Å². The summed E-state index contributed by atoms with van der Waals surface area (Å²) in [5.41, 5.74) is 29.1. The van der Waals surface area contributed by atoms with E-state index in [0.717, 1.165) is 5.56 Å². The van der Waals surface area contributed by atoms with Gasteiger partial charge < -0.3 is 97.6 Å². The Hall–Kier alpha value is -9.01. The second kappa shape index (κ2) is 46.4. The first kappa shape index (κ1) is 90.0. The number of rotatable bonds is 48. The first-order chi connectivity index (χ1) is 47.2. The number of aliphatic imine (C=N–C) groups is 1.